The van der Waals surface area contributed by atoms with Gasteiger partial charge in [0, 0.05) is 11.4 Å². The minimum Gasteiger partial charge on any atom is -0.477 e. The van der Waals surface area contributed by atoms with E-state index in [2.05, 4.69) is 10.3 Å². The maximum atomic E-state index is 11.3. The number of rotatable bonds is 13. The number of carbonyl (C=O) groups is 2. The Morgan fingerprint density at radius 2 is 1.87 bits per heavy atom. The van der Waals surface area contributed by atoms with Crippen molar-refractivity contribution in [3.05, 3.63) is 34.9 Å². The number of ether oxygens (including phenoxy) is 2. The monoisotopic (exact) mass is 438 g/mol. The summed E-state index contributed by atoms with van der Waals surface area (Å²) >= 11 is 5.92. The molecule has 0 aromatic heterocycles. The molecule has 1 aromatic rings. The number of unbranched alkanes of at least 4 members (excludes halogenated alkanes) is 5. The van der Waals surface area contributed by atoms with Gasteiger partial charge in [0.15, 0.2) is 0 Å². The summed E-state index contributed by atoms with van der Waals surface area (Å²) in [5, 5.41) is 12.2. The zero-order valence-corrected chi connectivity index (χ0v) is 18.2. The number of nitrogens with zero attached hydrogens (tertiary/aromatic N) is 1. The van der Waals surface area contributed by atoms with Crippen molar-refractivity contribution in [3.63, 3.8) is 0 Å². The van der Waals surface area contributed by atoms with Crippen LogP contribution in [0.5, 0.6) is 0 Å². The third-order valence-corrected chi connectivity index (χ3v) is 5.18. The van der Waals surface area contributed by atoms with Gasteiger partial charge in [0.2, 0.25) is 5.90 Å². The van der Waals surface area contributed by atoms with Crippen molar-refractivity contribution in [2.75, 3.05) is 13.2 Å². The minimum atomic E-state index is -1.13. The minimum absolute atomic E-state index is 0.0502. The van der Waals surface area contributed by atoms with Crippen molar-refractivity contribution < 1.29 is 24.2 Å². The van der Waals surface area contributed by atoms with Crippen LogP contribution >= 0.6 is 11.6 Å². The van der Waals surface area contributed by atoms with Crippen LogP contribution in [-0.2, 0) is 14.3 Å². The Morgan fingerprint density at radius 1 is 1.20 bits per heavy atom. The van der Waals surface area contributed by atoms with E-state index in [9.17, 15) is 14.7 Å². The van der Waals surface area contributed by atoms with E-state index in [0.717, 1.165) is 50.5 Å². The highest BCUT2D eigenvalue weighted by molar-refractivity contribution is 6.30. The van der Waals surface area contributed by atoms with Crippen LogP contribution < -0.4 is 5.32 Å². The highest BCUT2D eigenvalue weighted by atomic mass is 35.5. The number of carboxylic acid groups (broad SMARTS) is 1. The summed E-state index contributed by atoms with van der Waals surface area (Å²) < 4.78 is 10.6. The standard InChI is InChI=1S/C22H31ClN2O5/c1-2-29-19(26)10-8-6-4-3-5-7-9-18-15-30-21(24-18)20(25-22(27)28)16-11-13-17(23)14-12-16/h11-14,18,20,25H,2-10,15H2,1H3,(H,27,28). The van der Waals surface area contributed by atoms with Crippen LogP contribution in [0.2, 0.25) is 5.02 Å². The van der Waals surface area contributed by atoms with E-state index in [1.54, 1.807) is 24.3 Å². The number of hydrogen-bond donors (Lipinski definition) is 2. The zero-order chi connectivity index (χ0) is 21.8. The lowest BCUT2D eigenvalue weighted by Gasteiger charge is -2.16. The largest absolute Gasteiger partial charge is 0.477 e. The van der Waals surface area contributed by atoms with E-state index in [0.29, 0.717) is 30.6 Å². The summed E-state index contributed by atoms with van der Waals surface area (Å²) in [5.41, 5.74) is 0.740. The molecule has 2 rings (SSSR count). The number of amides is 1. The molecule has 2 unspecified atom stereocenters. The Kier molecular flexibility index (Phi) is 10.5. The van der Waals surface area contributed by atoms with Crippen molar-refractivity contribution in [3.8, 4) is 0 Å². The Morgan fingerprint density at radius 3 is 2.53 bits per heavy atom. The fourth-order valence-corrected chi connectivity index (χ4v) is 3.52. The van der Waals surface area contributed by atoms with Crippen molar-refractivity contribution in [1.29, 1.82) is 0 Å². The average molecular weight is 439 g/mol. The number of halogens is 1. The van der Waals surface area contributed by atoms with Gasteiger partial charge < -0.3 is 19.9 Å². The molecule has 1 aliphatic heterocycles. The van der Waals surface area contributed by atoms with Crippen molar-refractivity contribution >= 4 is 29.6 Å². The molecule has 1 amide bonds. The summed E-state index contributed by atoms with van der Waals surface area (Å²) in [4.78, 5) is 27.1. The first kappa shape index (κ1) is 24.0. The summed E-state index contributed by atoms with van der Waals surface area (Å²) in [5.74, 6) is 0.297. The van der Waals surface area contributed by atoms with Gasteiger partial charge in [-0.05, 0) is 37.5 Å². The average Bonchev–Trinajstić information content (AvgIpc) is 3.17. The smallest absolute Gasteiger partial charge is 0.405 e. The third kappa shape index (κ3) is 8.61. The Bertz CT molecular complexity index is 708. The van der Waals surface area contributed by atoms with Crippen LogP contribution in [0.4, 0.5) is 4.79 Å². The Balaban J connectivity index is 1.70. The van der Waals surface area contributed by atoms with Gasteiger partial charge in [0.05, 0.1) is 12.6 Å². The molecular weight excluding hydrogens is 408 g/mol. The number of aliphatic imine (C=N–C) groups is 1. The van der Waals surface area contributed by atoms with Gasteiger partial charge in [-0.2, -0.15) is 0 Å². The molecule has 1 aromatic carbocycles. The molecule has 0 fully saturated rings. The summed E-state index contributed by atoms with van der Waals surface area (Å²) in [6.45, 7) is 2.74. The first-order valence-electron chi connectivity index (χ1n) is 10.6. The van der Waals surface area contributed by atoms with Gasteiger partial charge in [0.25, 0.3) is 0 Å². The lowest BCUT2D eigenvalue weighted by Crippen LogP contribution is -2.32. The molecule has 2 atom stereocenters. The fourth-order valence-electron chi connectivity index (χ4n) is 3.40. The van der Waals surface area contributed by atoms with Gasteiger partial charge in [-0.3, -0.25) is 4.79 Å². The van der Waals surface area contributed by atoms with Crippen LogP contribution in [0.1, 0.15) is 69.9 Å². The first-order valence-corrected chi connectivity index (χ1v) is 11.0. The maximum Gasteiger partial charge on any atom is 0.405 e. The van der Waals surface area contributed by atoms with E-state index in [4.69, 9.17) is 21.1 Å². The third-order valence-electron chi connectivity index (χ3n) is 4.93. The number of hydrogen-bond acceptors (Lipinski definition) is 5. The van der Waals surface area contributed by atoms with Crippen LogP contribution in [-0.4, -0.2) is 42.3 Å². The molecular formula is C22H31ClN2O5. The maximum absolute atomic E-state index is 11.3. The second-order valence-electron chi connectivity index (χ2n) is 7.33. The van der Waals surface area contributed by atoms with Gasteiger partial charge in [-0.15, -0.1) is 0 Å². The van der Waals surface area contributed by atoms with E-state index in [1.807, 2.05) is 6.92 Å². The van der Waals surface area contributed by atoms with Crippen LogP contribution in [0.25, 0.3) is 0 Å². The molecule has 166 valence electrons. The highest BCUT2D eigenvalue weighted by Crippen LogP contribution is 2.24. The van der Waals surface area contributed by atoms with E-state index in [-0.39, 0.29) is 12.0 Å². The fraction of sp³-hybridized carbons (Fsp3) is 0.591. The zero-order valence-electron chi connectivity index (χ0n) is 17.4. The molecule has 8 heteroatoms. The predicted molar refractivity (Wildman–Crippen MR) is 116 cm³/mol. The first-order chi connectivity index (χ1) is 14.5. The van der Waals surface area contributed by atoms with Gasteiger partial charge in [-0.1, -0.05) is 55.8 Å². The molecule has 0 bridgehead atoms. The van der Waals surface area contributed by atoms with Gasteiger partial charge in [0.1, 0.15) is 12.6 Å². The van der Waals surface area contributed by atoms with Crippen molar-refractivity contribution in [2.24, 2.45) is 4.99 Å². The second-order valence-corrected chi connectivity index (χ2v) is 7.77. The number of carbonyl (C=O) groups excluding carboxylic acids is 1. The molecule has 7 nitrogen and oxygen atoms in total. The number of benzene rings is 1. The van der Waals surface area contributed by atoms with Crippen molar-refractivity contribution in [1.82, 2.24) is 5.32 Å². The van der Waals surface area contributed by atoms with E-state index < -0.39 is 12.1 Å². The molecule has 1 heterocycles. The van der Waals surface area contributed by atoms with Gasteiger partial charge >= 0.3 is 12.1 Å². The SMILES string of the molecule is CCOC(=O)CCCCCCCCC1COC(C(NC(=O)O)c2ccc(Cl)cc2)=N1. The predicted octanol–water partition coefficient (Wildman–Crippen LogP) is 5.13. The highest BCUT2D eigenvalue weighted by Gasteiger charge is 2.28. The van der Waals surface area contributed by atoms with Crippen LogP contribution in [0.15, 0.2) is 29.3 Å². The topological polar surface area (TPSA) is 97.2 Å². The lowest BCUT2D eigenvalue weighted by molar-refractivity contribution is -0.143. The van der Waals surface area contributed by atoms with E-state index in [1.165, 1.54) is 0 Å². The van der Waals surface area contributed by atoms with Gasteiger partial charge in [-0.25, -0.2) is 9.79 Å². The molecule has 30 heavy (non-hydrogen) atoms. The molecule has 1 aliphatic rings. The van der Waals surface area contributed by atoms with Crippen molar-refractivity contribution in [2.45, 2.75) is 70.4 Å². The summed E-state index contributed by atoms with van der Waals surface area (Å²) in [6.07, 6.45) is 6.58. The number of nitrogens with one attached hydrogen (secondary N) is 1. The summed E-state index contributed by atoms with van der Waals surface area (Å²) in [6, 6.07) is 6.38. The second kappa shape index (κ2) is 13.1. The van der Waals surface area contributed by atoms with Crippen LogP contribution in [0, 0.1) is 0 Å². The molecule has 0 radical (unpaired) electrons. The molecule has 0 saturated carbocycles. The quantitative estimate of drug-likeness (QED) is 0.328. The normalized spacial score (nSPS) is 16.5. The lowest BCUT2D eigenvalue weighted by atomic mass is 10.1. The molecule has 0 aliphatic carbocycles. The molecule has 2 N–H and O–H groups in total. The van der Waals surface area contributed by atoms with Crippen LogP contribution in [0.3, 0.4) is 0 Å². The number of esters is 1. The van der Waals surface area contributed by atoms with E-state index >= 15 is 0 Å². The molecule has 0 saturated heterocycles. The summed E-state index contributed by atoms with van der Waals surface area (Å²) in [7, 11) is 0. The molecule has 0 spiro atoms. The Hall–Kier alpha value is -2.28. The Labute approximate surface area is 182 Å².